The number of nitrogens with two attached hydrogens (primary N) is 1. The number of phosphoric acid groups is 3. The number of hydrogen-bond acceptors (Lipinski definition) is 13. The fourth-order valence-electron chi connectivity index (χ4n) is 2.64. The van der Waals surface area contributed by atoms with Crippen LogP contribution in [0.15, 0.2) is 11.0 Å². The van der Waals surface area contributed by atoms with E-state index in [0.717, 1.165) is 13.1 Å². The fraction of sp³-hybridized carbons (Fsp3) is 0.545. The predicted molar refractivity (Wildman–Crippen MR) is 104 cm³/mol. The monoisotopic (exact) mass is 556 g/mol. The minimum absolute atomic E-state index is 0.292. The van der Waals surface area contributed by atoms with E-state index in [0.29, 0.717) is 4.68 Å². The predicted octanol–water partition coefficient (Wildman–Crippen LogP) is -1.86. The van der Waals surface area contributed by atoms with Gasteiger partial charge in [0, 0.05) is 5.38 Å². The van der Waals surface area contributed by atoms with Crippen LogP contribution in [0, 0.1) is 11.3 Å². The van der Waals surface area contributed by atoms with Crippen LogP contribution >= 0.6 is 35.1 Å². The Bertz CT molecular complexity index is 1160. The molecule has 2 heterocycles. The highest BCUT2D eigenvalue weighted by molar-refractivity contribution is 7.66. The maximum atomic E-state index is 12.1. The van der Waals surface area contributed by atoms with Crippen molar-refractivity contribution in [2.45, 2.75) is 37.1 Å². The number of hydrogen-bond donors (Lipinski definition) is 7. The SMILES string of the molecule is C[C@H](OP(=O)(O)OP(=O)(O)OP(=O)(O)O)[C@H]1O[C@@H](n2ncc(N)nc2=O)C(O)(C#CCl)[C@H]1O. The number of rotatable bonds is 8. The number of phosphoric ester groups is 1. The van der Waals surface area contributed by atoms with Crippen molar-refractivity contribution < 1.29 is 61.4 Å². The molecule has 186 valence electrons. The first kappa shape index (κ1) is 28.0. The number of nitrogen functional groups attached to an aromatic ring is 1. The van der Waals surface area contributed by atoms with E-state index in [9.17, 15) is 38.5 Å². The topological polar surface area (TPSA) is 283 Å². The van der Waals surface area contributed by atoms with Crippen molar-refractivity contribution >= 4 is 40.9 Å². The smallest absolute Gasteiger partial charge is 0.386 e. The molecule has 0 radical (unpaired) electrons. The van der Waals surface area contributed by atoms with Gasteiger partial charge in [0.2, 0.25) is 5.60 Å². The summed E-state index contributed by atoms with van der Waals surface area (Å²) in [6.45, 7) is 0.959. The van der Waals surface area contributed by atoms with Crippen LogP contribution in [0.5, 0.6) is 0 Å². The molecular formula is C11H16ClN4O14P3. The molecule has 0 amide bonds. The quantitative estimate of drug-likeness (QED) is 0.136. The second kappa shape index (κ2) is 9.78. The molecule has 0 spiro atoms. The third kappa shape index (κ3) is 6.89. The number of aliphatic hydroxyl groups excluding tert-OH is 1. The first-order valence-electron chi connectivity index (χ1n) is 8.13. The second-order valence-electron chi connectivity index (χ2n) is 6.25. The van der Waals surface area contributed by atoms with E-state index >= 15 is 0 Å². The molecule has 0 saturated carbocycles. The number of ether oxygens (including phenoxy) is 1. The fourth-order valence-corrected chi connectivity index (χ4v) is 5.99. The van der Waals surface area contributed by atoms with Crippen molar-refractivity contribution in [1.82, 2.24) is 14.8 Å². The Balaban J connectivity index is 2.31. The maximum Gasteiger partial charge on any atom is 0.490 e. The van der Waals surface area contributed by atoms with Gasteiger partial charge < -0.3 is 40.3 Å². The Morgan fingerprint density at radius 1 is 1.27 bits per heavy atom. The molecule has 7 atom stereocenters. The summed E-state index contributed by atoms with van der Waals surface area (Å²) in [5, 5.41) is 26.7. The van der Waals surface area contributed by atoms with E-state index in [1.807, 2.05) is 5.92 Å². The Morgan fingerprint density at radius 2 is 1.88 bits per heavy atom. The van der Waals surface area contributed by atoms with Gasteiger partial charge in [0.25, 0.3) is 0 Å². The third-order valence-electron chi connectivity index (χ3n) is 3.81. The molecule has 33 heavy (non-hydrogen) atoms. The molecule has 3 unspecified atom stereocenters. The molecule has 1 aromatic heterocycles. The van der Waals surface area contributed by atoms with Crippen LogP contribution < -0.4 is 11.4 Å². The Hall–Kier alpha value is -1.25. The molecule has 18 nitrogen and oxygen atoms in total. The lowest BCUT2D eigenvalue weighted by atomic mass is 9.93. The van der Waals surface area contributed by atoms with Gasteiger partial charge in [0.1, 0.15) is 18.0 Å². The summed E-state index contributed by atoms with van der Waals surface area (Å²) in [6.07, 6.45) is -6.70. The number of aliphatic hydroxyl groups is 2. The van der Waals surface area contributed by atoms with Gasteiger partial charge in [-0.3, -0.25) is 4.52 Å². The lowest BCUT2D eigenvalue weighted by Crippen LogP contribution is -2.49. The molecule has 2 rings (SSSR count). The average molecular weight is 557 g/mol. The highest BCUT2D eigenvalue weighted by atomic mass is 35.5. The van der Waals surface area contributed by atoms with Gasteiger partial charge in [0.15, 0.2) is 6.23 Å². The van der Waals surface area contributed by atoms with Gasteiger partial charge >= 0.3 is 29.2 Å². The highest BCUT2D eigenvalue weighted by Gasteiger charge is 2.59. The van der Waals surface area contributed by atoms with Crippen molar-refractivity contribution in [3.8, 4) is 11.3 Å². The largest absolute Gasteiger partial charge is 0.490 e. The van der Waals surface area contributed by atoms with Crippen LogP contribution in [-0.2, 0) is 31.6 Å². The van der Waals surface area contributed by atoms with Crippen molar-refractivity contribution in [2.24, 2.45) is 0 Å². The van der Waals surface area contributed by atoms with Gasteiger partial charge in [-0.1, -0.05) is 0 Å². The van der Waals surface area contributed by atoms with Crippen LogP contribution in [-0.4, -0.2) is 68.5 Å². The van der Waals surface area contributed by atoms with Gasteiger partial charge in [-0.05, 0) is 24.4 Å². The van der Waals surface area contributed by atoms with Gasteiger partial charge in [-0.2, -0.15) is 23.4 Å². The number of aromatic nitrogens is 3. The van der Waals surface area contributed by atoms with Crippen molar-refractivity contribution in [3.63, 3.8) is 0 Å². The molecule has 1 aliphatic heterocycles. The first-order valence-corrected chi connectivity index (χ1v) is 13.0. The summed E-state index contributed by atoms with van der Waals surface area (Å²) in [5.41, 5.74) is 1.52. The second-order valence-corrected chi connectivity index (χ2v) is 10.8. The molecule has 1 saturated heterocycles. The highest BCUT2D eigenvalue weighted by Crippen LogP contribution is 2.66. The van der Waals surface area contributed by atoms with Crippen LogP contribution in [0.1, 0.15) is 13.2 Å². The molecule has 1 aromatic rings. The average Bonchev–Trinajstić information content (AvgIpc) is 2.83. The third-order valence-corrected chi connectivity index (χ3v) is 7.83. The molecule has 1 aliphatic rings. The van der Waals surface area contributed by atoms with Crippen molar-refractivity contribution in [1.29, 1.82) is 0 Å². The maximum absolute atomic E-state index is 12.1. The van der Waals surface area contributed by atoms with Crippen molar-refractivity contribution in [3.05, 3.63) is 16.7 Å². The first-order chi connectivity index (χ1) is 14.9. The van der Waals surface area contributed by atoms with Crippen LogP contribution in [0.25, 0.3) is 0 Å². The summed E-state index contributed by atoms with van der Waals surface area (Å²) in [7, 11) is -17.1. The molecule has 8 N–H and O–H groups in total. The lowest BCUT2D eigenvalue weighted by molar-refractivity contribution is -0.0931. The van der Waals surface area contributed by atoms with E-state index < -0.39 is 59.3 Å². The van der Waals surface area contributed by atoms with Crippen LogP contribution in [0.3, 0.4) is 0 Å². The van der Waals surface area contributed by atoms with Crippen LogP contribution in [0.2, 0.25) is 0 Å². The summed E-state index contributed by atoms with van der Waals surface area (Å²) >= 11 is 5.31. The normalized spacial score (nSPS) is 30.0. The van der Waals surface area contributed by atoms with Crippen LogP contribution in [0.4, 0.5) is 5.82 Å². The zero-order valence-electron chi connectivity index (χ0n) is 16.0. The van der Waals surface area contributed by atoms with E-state index in [1.54, 1.807) is 5.38 Å². The number of halogens is 1. The Labute approximate surface area is 188 Å². The minimum atomic E-state index is -5.82. The summed E-state index contributed by atoms with van der Waals surface area (Å²) in [6, 6.07) is 0. The molecular weight excluding hydrogens is 541 g/mol. The molecule has 0 bridgehead atoms. The van der Waals surface area contributed by atoms with Gasteiger partial charge in [0.05, 0.1) is 12.3 Å². The molecule has 0 aromatic carbocycles. The molecule has 22 heteroatoms. The summed E-state index contributed by atoms with van der Waals surface area (Å²) in [4.78, 5) is 51.4. The van der Waals surface area contributed by atoms with Gasteiger partial charge in [-0.25, -0.2) is 18.5 Å². The Morgan fingerprint density at radius 3 is 2.39 bits per heavy atom. The standard InChI is InChI=1S/C11H16ClN4O14P3/c1-5(28-32(23,24)30-33(25,26)29-31(20,21)22)7-8(17)11(19,2-3-12)9(27-7)16-10(18)15-6(13)4-14-16/h4-5,7-9,17,19H,1H3,(H,23,24)(H,25,26)(H2,13,15,18)(H2,20,21,22)/t5-,7+,8-,9+,11?/m0/s1. The summed E-state index contributed by atoms with van der Waals surface area (Å²) < 4.78 is 51.6. The van der Waals surface area contributed by atoms with E-state index in [2.05, 4.69) is 23.2 Å². The summed E-state index contributed by atoms with van der Waals surface area (Å²) in [5.74, 6) is 1.71. The van der Waals surface area contributed by atoms with E-state index in [-0.39, 0.29) is 5.82 Å². The molecule has 1 fully saturated rings. The zero-order valence-corrected chi connectivity index (χ0v) is 19.4. The van der Waals surface area contributed by atoms with E-state index in [4.69, 9.17) is 31.9 Å². The zero-order chi connectivity index (χ0) is 25.4. The van der Waals surface area contributed by atoms with Crippen molar-refractivity contribution in [2.75, 3.05) is 5.73 Å². The molecule has 0 aliphatic carbocycles. The van der Waals surface area contributed by atoms with E-state index in [1.165, 1.54) is 0 Å². The lowest BCUT2D eigenvalue weighted by Gasteiger charge is -2.26. The number of nitrogens with zero attached hydrogens (tertiary/aromatic N) is 3. The minimum Gasteiger partial charge on any atom is -0.386 e. The van der Waals surface area contributed by atoms with Gasteiger partial charge in [-0.15, -0.1) is 0 Å². The number of anilines is 1. The Kier molecular flexibility index (Phi) is 8.30.